The number of carbonyl (C=O) groups excluding carboxylic acids is 1. The van der Waals surface area contributed by atoms with E-state index < -0.39 is 0 Å². The van der Waals surface area contributed by atoms with Crippen LogP contribution in [0.25, 0.3) is 11.8 Å². The van der Waals surface area contributed by atoms with Gasteiger partial charge in [-0.2, -0.15) is 0 Å². The van der Waals surface area contributed by atoms with Crippen LogP contribution in [-0.4, -0.2) is 11.1 Å². The predicted octanol–water partition coefficient (Wildman–Crippen LogP) is 5.66. The number of benzene rings is 2. The lowest BCUT2D eigenvalue weighted by Gasteiger charge is -2.28. The van der Waals surface area contributed by atoms with E-state index in [4.69, 9.17) is 4.74 Å². The number of esters is 1. The fraction of sp³-hybridized carbons (Fsp3) is 0.348. The molecule has 0 fully saturated rings. The third-order valence-electron chi connectivity index (χ3n) is 4.66. The number of cyclic esters (lactones) is 1. The summed E-state index contributed by atoms with van der Waals surface area (Å²) >= 11 is 0. The summed E-state index contributed by atoms with van der Waals surface area (Å²) < 4.78 is 5.48. The zero-order valence-corrected chi connectivity index (χ0v) is 16.3. The van der Waals surface area contributed by atoms with Gasteiger partial charge in [-0.15, -0.1) is 0 Å². The molecule has 1 aliphatic heterocycles. The van der Waals surface area contributed by atoms with Gasteiger partial charge in [-0.25, -0.2) is 4.79 Å². The number of carbonyl (C=O) groups is 1. The first-order valence-corrected chi connectivity index (χ1v) is 8.90. The second-order valence-corrected chi connectivity index (χ2v) is 8.91. The van der Waals surface area contributed by atoms with Gasteiger partial charge < -0.3 is 9.84 Å². The zero-order chi connectivity index (χ0) is 19.3. The van der Waals surface area contributed by atoms with Crippen molar-refractivity contribution in [1.29, 1.82) is 0 Å². The molecule has 0 amide bonds. The molecule has 1 heterocycles. The summed E-state index contributed by atoms with van der Waals surface area (Å²) in [7, 11) is 0. The van der Waals surface area contributed by atoms with Crippen molar-refractivity contribution < 1.29 is 14.6 Å². The van der Waals surface area contributed by atoms with E-state index in [1.54, 1.807) is 6.07 Å². The van der Waals surface area contributed by atoms with Crippen LogP contribution < -0.4 is 0 Å². The van der Waals surface area contributed by atoms with Crippen LogP contribution in [0.4, 0.5) is 0 Å². The zero-order valence-electron chi connectivity index (χ0n) is 16.3. The molecule has 0 spiro atoms. The van der Waals surface area contributed by atoms with E-state index in [1.165, 1.54) is 0 Å². The molecule has 2 aromatic carbocycles. The highest BCUT2D eigenvalue weighted by Crippen LogP contribution is 2.41. The maximum atomic E-state index is 12.1. The van der Waals surface area contributed by atoms with Gasteiger partial charge in [0.15, 0.2) is 0 Å². The van der Waals surface area contributed by atoms with Crippen LogP contribution in [0.5, 0.6) is 5.75 Å². The molecule has 0 atom stereocenters. The molecule has 0 saturated carbocycles. The second-order valence-electron chi connectivity index (χ2n) is 8.91. The molecule has 0 radical (unpaired) electrons. The summed E-state index contributed by atoms with van der Waals surface area (Å²) in [5.74, 6) is 0.574. The number of aromatic hydroxyl groups is 1. The van der Waals surface area contributed by atoms with E-state index in [-0.39, 0.29) is 16.8 Å². The van der Waals surface area contributed by atoms with E-state index in [2.05, 4.69) is 41.5 Å². The Balaban J connectivity index is 2.19. The normalized spacial score (nSPS) is 15.9. The fourth-order valence-corrected chi connectivity index (χ4v) is 3.23. The number of fused-ring (bicyclic) bond motifs is 1. The lowest BCUT2D eigenvalue weighted by Crippen LogP contribution is -2.17. The van der Waals surface area contributed by atoms with Crippen molar-refractivity contribution >= 4 is 17.8 Å². The van der Waals surface area contributed by atoms with Crippen molar-refractivity contribution in [2.75, 3.05) is 0 Å². The number of hydrogen-bond acceptors (Lipinski definition) is 3. The summed E-state index contributed by atoms with van der Waals surface area (Å²) in [6.07, 6.45) is 1.88. The van der Waals surface area contributed by atoms with Gasteiger partial charge in [-0.1, -0.05) is 59.7 Å². The monoisotopic (exact) mass is 350 g/mol. The Hall–Kier alpha value is -2.55. The van der Waals surface area contributed by atoms with Crippen molar-refractivity contribution in [1.82, 2.24) is 0 Å². The molecule has 1 N–H and O–H groups in total. The quantitative estimate of drug-likeness (QED) is 0.675. The molecule has 1 aliphatic rings. The highest BCUT2D eigenvalue weighted by atomic mass is 16.5. The van der Waals surface area contributed by atoms with Gasteiger partial charge in [0, 0.05) is 16.7 Å². The number of phenolic OH excluding ortho intramolecular Hbond substituents is 1. The van der Waals surface area contributed by atoms with Crippen LogP contribution in [0.3, 0.4) is 0 Å². The van der Waals surface area contributed by atoms with Crippen molar-refractivity contribution in [3.05, 3.63) is 64.2 Å². The van der Waals surface area contributed by atoms with Crippen molar-refractivity contribution in [2.24, 2.45) is 0 Å². The Kier molecular flexibility index (Phi) is 4.22. The second kappa shape index (κ2) is 6.01. The molecular formula is C23H26O3. The predicted molar refractivity (Wildman–Crippen MR) is 105 cm³/mol. The fourth-order valence-electron chi connectivity index (χ4n) is 3.23. The minimum atomic E-state index is -0.322. The van der Waals surface area contributed by atoms with E-state index in [9.17, 15) is 9.90 Å². The summed E-state index contributed by atoms with van der Waals surface area (Å²) in [6, 6.07) is 11.3. The van der Waals surface area contributed by atoms with Crippen LogP contribution in [0.2, 0.25) is 0 Å². The lowest BCUT2D eigenvalue weighted by atomic mass is 9.78. The molecule has 3 heteroatoms. The van der Waals surface area contributed by atoms with Gasteiger partial charge in [0.2, 0.25) is 0 Å². The van der Waals surface area contributed by atoms with Crippen molar-refractivity contribution in [2.45, 2.75) is 52.4 Å². The Morgan fingerprint density at radius 1 is 0.885 bits per heavy atom. The Bertz CT molecular complexity index is 871. The molecule has 0 aromatic heterocycles. The number of phenols is 1. The minimum Gasteiger partial charge on any atom is -0.507 e. The number of rotatable bonds is 1. The van der Waals surface area contributed by atoms with Crippen LogP contribution in [-0.2, 0) is 15.6 Å². The first-order valence-electron chi connectivity index (χ1n) is 8.90. The van der Waals surface area contributed by atoms with Gasteiger partial charge >= 0.3 is 5.97 Å². The summed E-state index contributed by atoms with van der Waals surface area (Å²) in [6.45, 7) is 12.5. The molecule has 0 aliphatic carbocycles. The first kappa shape index (κ1) is 18.2. The van der Waals surface area contributed by atoms with Crippen LogP contribution in [0, 0.1) is 0 Å². The van der Waals surface area contributed by atoms with Crippen LogP contribution in [0.1, 0.15) is 74.2 Å². The summed E-state index contributed by atoms with van der Waals surface area (Å²) in [5.41, 5.74) is 3.66. The highest BCUT2D eigenvalue weighted by Gasteiger charge is 2.28. The van der Waals surface area contributed by atoms with E-state index in [0.29, 0.717) is 17.1 Å². The van der Waals surface area contributed by atoms with Crippen LogP contribution in [0.15, 0.2) is 36.4 Å². The van der Waals surface area contributed by atoms with Crippen molar-refractivity contribution in [3.8, 4) is 5.75 Å². The first-order chi connectivity index (χ1) is 12.0. The van der Waals surface area contributed by atoms with Gasteiger partial charge in [-0.05, 0) is 40.7 Å². The molecule has 2 aromatic rings. The summed E-state index contributed by atoms with van der Waals surface area (Å²) in [4.78, 5) is 12.1. The van der Waals surface area contributed by atoms with Crippen molar-refractivity contribution in [3.63, 3.8) is 0 Å². The molecule has 3 nitrogen and oxygen atoms in total. The van der Waals surface area contributed by atoms with E-state index >= 15 is 0 Å². The molecule has 3 rings (SSSR count). The molecular weight excluding hydrogens is 324 g/mol. The number of hydrogen-bond donors (Lipinski definition) is 1. The Labute approximate surface area is 155 Å². The standard InChI is InChI=1S/C23H26O3/c1-22(2,3)17-11-14(12-18(20(17)24)23(4,5)6)13-19-15-9-7-8-10-16(15)21(25)26-19/h7-13,24H,1-6H3. The Morgan fingerprint density at radius 2 is 1.38 bits per heavy atom. The molecule has 0 saturated heterocycles. The van der Waals surface area contributed by atoms with Gasteiger partial charge in [0.25, 0.3) is 0 Å². The smallest absolute Gasteiger partial charge is 0.344 e. The van der Waals surface area contributed by atoms with Gasteiger partial charge in [0.1, 0.15) is 11.5 Å². The maximum Gasteiger partial charge on any atom is 0.344 e. The topological polar surface area (TPSA) is 46.5 Å². The molecule has 26 heavy (non-hydrogen) atoms. The molecule has 0 bridgehead atoms. The largest absolute Gasteiger partial charge is 0.507 e. The molecule has 0 unspecified atom stereocenters. The SMILES string of the molecule is CC(C)(C)c1cc(C=C2OC(=O)c3ccccc32)cc(C(C)(C)C)c1O. The third-order valence-corrected chi connectivity index (χ3v) is 4.66. The molecule has 136 valence electrons. The summed E-state index contributed by atoms with van der Waals surface area (Å²) in [5, 5.41) is 10.8. The average Bonchev–Trinajstić information content (AvgIpc) is 2.83. The van der Waals surface area contributed by atoms with Gasteiger partial charge in [0.05, 0.1) is 5.56 Å². The van der Waals surface area contributed by atoms with E-state index in [0.717, 1.165) is 22.3 Å². The van der Waals surface area contributed by atoms with Gasteiger partial charge in [-0.3, -0.25) is 0 Å². The number of ether oxygens (including phenoxy) is 1. The average molecular weight is 350 g/mol. The van der Waals surface area contributed by atoms with Crippen LogP contribution >= 0.6 is 0 Å². The highest BCUT2D eigenvalue weighted by molar-refractivity contribution is 6.05. The minimum absolute atomic E-state index is 0.205. The maximum absolute atomic E-state index is 12.1. The lowest BCUT2D eigenvalue weighted by molar-refractivity contribution is 0.0717. The third kappa shape index (κ3) is 3.26. The Morgan fingerprint density at radius 3 is 1.88 bits per heavy atom. The van der Waals surface area contributed by atoms with E-state index in [1.807, 2.05) is 36.4 Å².